The topological polar surface area (TPSA) is 48.9 Å². The molecule has 0 aromatic heterocycles. The molecular formula is C18H28N4O. The standard InChI is InChI=1S/C18H28N4O/c1-13(22(3)14-7-5-4-6-8-14)12-20-18(19-2)21-16-11-15-9-10-17(16)23-15/h4-8,13,15-17H,9-12H2,1-3H3,(H2,19,20,21). The number of ether oxygens (including phenoxy) is 1. The Bertz CT molecular complexity index is 533. The first kappa shape index (κ1) is 16.1. The molecule has 0 aliphatic carbocycles. The second-order valence-corrected chi connectivity index (χ2v) is 6.61. The van der Waals surface area contributed by atoms with Gasteiger partial charge in [-0.15, -0.1) is 0 Å². The van der Waals surface area contributed by atoms with E-state index in [1.165, 1.54) is 18.5 Å². The fourth-order valence-corrected chi connectivity index (χ4v) is 3.46. The van der Waals surface area contributed by atoms with Gasteiger partial charge in [0.15, 0.2) is 5.96 Å². The van der Waals surface area contributed by atoms with E-state index in [2.05, 4.69) is 58.8 Å². The van der Waals surface area contributed by atoms with Crippen LogP contribution in [0.25, 0.3) is 0 Å². The number of aliphatic imine (C=N–C) groups is 1. The molecule has 2 heterocycles. The lowest BCUT2D eigenvalue weighted by Crippen LogP contribution is -2.50. The maximum absolute atomic E-state index is 5.90. The van der Waals surface area contributed by atoms with Crippen LogP contribution in [-0.4, -0.2) is 50.9 Å². The Morgan fingerprint density at radius 1 is 1.35 bits per heavy atom. The number of fused-ring (bicyclic) bond motifs is 2. The Balaban J connectivity index is 1.48. The molecule has 4 atom stereocenters. The van der Waals surface area contributed by atoms with Crippen LogP contribution in [0.2, 0.25) is 0 Å². The Labute approximate surface area is 139 Å². The van der Waals surface area contributed by atoms with Gasteiger partial charge in [-0.1, -0.05) is 18.2 Å². The lowest BCUT2D eigenvalue weighted by atomic mass is 9.96. The molecule has 23 heavy (non-hydrogen) atoms. The maximum Gasteiger partial charge on any atom is 0.191 e. The van der Waals surface area contributed by atoms with Crippen molar-refractivity contribution in [3.8, 4) is 0 Å². The van der Waals surface area contributed by atoms with Gasteiger partial charge in [-0.25, -0.2) is 0 Å². The summed E-state index contributed by atoms with van der Waals surface area (Å²) in [7, 11) is 3.95. The van der Waals surface area contributed by atoms with Crippen LogP contribution in [0.5, 0.6) is 0 Å². The highest BCUT2D eigenvalue weighted by Gasteiger charge is 2.41. The van der Waals surface area contributed by atoms with Crippen molar-refractivity contribution in [1.82, 2.24) is 10.6 Å². The van der Waals surface area contributed by atoms with Crippen molar-refractivity contribution in [2.24, 2.45) is 4.99 Å². The number of hydrogen-bond acceptors (Lipinski definition) is 3. The number of hydrogen-bond donors (Lipinski definition) is 2. The van der Waals surface area contributed by atoms with Crippen LogP contribution in [0.4, 0.5) is 5.69 Å². The molecule has 1 aromatic carbocycles. The average molecular weight is 316 g/mol. The van der Waals surface area contributed by atoms with Crippen LogP contribution in [0, 0.1) is 0 Å². The average Bonchev–Trinajstić information content (AvgIpc) is 3.21. The first-order chi connectivity index (χ1) is 11.2. The molecule has 2 fully saturated rings. The summed E-state index contributed by atoms with van der Waals surface area (Å²) in [6.07, 6.45) is 4.31. The molecule has 126 valence electrons. The highest BCUT2D eigenvalue weighted by molar-refractivity contribution is 5.80. The first-order valence-electron chi connectivity index (χ1n) is 8.58. The number of nitrogens with one attached hydrogen (secondary N) is 2. The predicted molar refractivity (Wildman–Crippen MR) is 95.1 cm³/mol. The number of likely N-dealkylation sites (N-methyl/N-ethyl adjacent to an activating group) is 1. The second kappa shape index (κ2) is 7.21. The number of para-hydroxylation sites is 1. The van der Waals surface area contributed by atoms with Crippen LogP contribution in [0.3, 0.4) is 0 Å². The van der Waals surface area contributed by atoms with E-state index < -0.39 is 0 Å². The maximum atomic E-state index is 5.90. The molecule has 2 aliphatic heterocycles. The van der Waals surface area contributed by atoms with Gasteiger partial charge in [0.05, 0.1) is 18.2 Å². The third-order valence-corrected chi connectivity index (χ3v) is 5.04. The van der Waals surface area contributed by atoms with Crippen molar-refractivity contribution in [3.05, 3.63) is 30.3 Å². The smallest absolute Gasteiger partial charge is 0.191 e. The molecular weight excluding hydrogens is 288 g/mol. The van der Waals surface area contributed by atoms with E-state index in [-0.39, 0.29) is 0 Å². The van der Waals surface area contributed by atoms with Crippen molar-refractivity contribution in [1.29, 1.82) is 0 Å². The molecule has 2 N–H and O–H groups in total. The molecule has 2 aliphatic rings. The zero-order chi connectivity index (χ0) is 16.2. The minimum Gasteiger partial charge on any atom is -0.373 e. The van der Waals surface area contributed by atoms with Crippen LogP contribution < -0.4 is 15.5 Å². The fraction of sp³-hybridized carbons (Fsp3) is 0.611. The van der Waals surface area contributed by atoms with E-state index in [1.807, 2.05) is 13.1 Å². The summed E-state index contributed by atoms with van der Waals surface area (Å²) >= 11 is 0. The summed E-state index contributed by atoms with van der Waals surface area (Å²) in [6, 6.07) is 11.2. The lowest BCUT2D eigenvalue weighted by molar-refractivity contribution is 0.0992. The molecule has 0 radical (unpaired) electrons. The van der Waals surface area contributed by atoms with Gasteiger partial charge in [0, 0.05) is 32.4 Å². The summed E-state index contributed by atoms with van der Waals surface area (Å²) in [5.74, 6) is 0.875. The summed E-state index contributed by atoms with van der Waals surface area (Å²) < 4.78 is 5.90. The molecule has 3 rings (SSSR count). The molecule has 0 saturated carbocycles. The van der Waals surface area contributed by atoms with Crippen molar-refractivity contribution >= 4 is 11.6 Å². The van der Waals surface area contributed by atoms with Gasteiger partial charge in [-0.2, -0.15) is 0 Å². The summed E-state index contributed by atoms with van der Waals surface area (Å²) in [5.41, 5.74) is 1.23. The normalized spacial score (nSPS) is 27.8. The van der Waals surface area contributed by atoms with Crippen molar-refractivity contribution in [2.45, 2.75) is 50.5 Å². The Hall–Kier alpha value is -1.75. The van der Waals surface area contributed by atoms with Gasteiger partial charge in [-0.3, -0.25) is 4.99 Å². The molecule has 0 amide bonds. The highest BCUT2D eigenvalue weighted by atomic mass is 16.5. The van der Waals surface area contributed by atoms with Gasteiger partial charge < -0.3 is 20.3 Å². The molecule has 4 unspecified atom stereocenters. The molecule has 5 nitrogen and oxygen atoms in total. The zero-order valence-corrected chi connectivity index (χ0v) is 14.3. The number of benzene rings is 1. The van der Waals surface area contributed by atoms with Gasteiger partial charge in [0.1, 0.15) is 0 Å². The van der Waals surface area contributed by atoms with Gasteiger partial charge in [-0.05, 0) is 38.3 Å². The minimum atomic E-state index is 0.364. The van der Waals surface area contributed by atoms with E-state index in [4.69, 9.17) is 4.74 Å². The van der Waals surface area contributed by atoms with E-state index in [0.717, 1.165) is 18.9 Å². The van der Waals surface area contributed by atoms with E-state index >= 15 is 0 Å². The van der Waals surface area contributed by atoms with Gasteiger partial charge >= 0.3 is 0 Å². The highest BCUT2D eigenvalue weighted by Crippen LogP contribution is 2.34. The Morgan fingerprint density at radius 2 is 2.13 bits per heavy atom. The molecule has 2 saturated heterocycles. The van der Waals surface area contributed by atoms with Crippen molar-refractivity contribution in [3.63, 3.8) is 0 Å². The van der Waals surface area contributed by atoms with Crippen LogP contribution in [-0.2, 0) is 4.74 Å². The van der Waals surface area contributed by atoms with E-state index in [0.29, 0.717) is 24.3 Å². The second-order valence-electron chi connectivity index (χ2n) is 6.61. The Kier molecular flexibility index (Phi) is 5.06. The fourth-order valence-electron chi connectivity index (χ4n) is 3.46. The Morgan fingerprint density at radius 3 is 2.74 bits per heavy atom. The third kappa shape index (κ3) is 3.78. The quantitative estimate of drug-likeness (QED) is 0.644. The SMILES string of the molecule is CN=C(NCC(C)N(C)c1ccccc1)NC1CC2CCC1O2. The van der Waals surface area contributed by atoms with Crippen LogP contribution in [0.15, 0.2) is 35.3 Å². The molecule has 1 aromatic rings. The number of guanidine groups is 1. The van der Waals surface area contributed by atoms with Crippen molar-refractivity contribution < 1.29 is 4.74 Å². The summed E-state index contributed by atoms with van der Waals surface area (Å²) in [5, 5.41) is 6.97. The number of nitrogens with zero attached hydrogens (tertiary/aromatic N) is 2. The van der Waals surface area contributed by atoms with Crippen LogP contribution in [0.1, 0.15) is 26.2 Å². The zero-order valence-electron chi connectivity index (χ0n) is 14.3. The molecule has 0 spiro atoms. The summed E-state index contributed by atoms with van der Waals surface area (Å²) in [4.78, 5) is 6.64. The minimum absolute atomic E-state index is 0.364. The molecule has 5 heteroatoms. The first-order valence-corrected chi connectivity index (χ1v) is 8.58. The molecule has 2 bridgehead atoms. The summed E-state index contributed by atoms with van der Waals surface area (Å²) in [6.45, 7) is 3.06. The number of rotatable bonds is 5. The monoisotopic (exact) mass is 316 g/mol. The predicted octanol–water partition coefficient (Wildman–Crippen LogP) is 2.00. The van der Waals surface area contributed by atoms with E-state index in [9.17, 15) is 0 Å². The van der Waals surface area contributed by atoms with Crippen LogP contribution >= 0.6 is 0 Å². The van der Waals surface area contributed by atoms with Crippen molar-refractivity contribution in [2.75, 3.05) is 25.5 Å². The largest absolute Gasteiger partial charge is 0.373 e. The lowest BCUT2D eigenvalue weighted by Gasteiger charge is -2.29. The number of anilines is 1. The van der Waals surface area contributed by atoms with Gasteiger partial charge in [0.2, 0.25) is 0 Å². The van der Waals surface area contributed by atoms with E-state index in [1.54, 1.807) is 0 Å². The van der Waals surface area contributed by atoms with Gasteiger partial charge in [0.25, 0.3) is 0 Å². The third-order valence-electron chi connectivity index (χ3n) is 5.04.